The lowest BCUT2D eigenvalue weighted by atomic mass is 10.1. The first-order chi connectivity index (χ1) is 7.81. The van der Waals surface area contributed by atoms with E-state index in [1.165, 1.54) is 19.9 Å². The Morgan fingerprint density at radius 1 is 1.00 bits per heavy atom. The molecule has 2 heteroatoms. The third kappa shape index (κ3) is 1.36. The van der Waals surface area contributed by atoms with Crippen molar-refractivity contribution in [2.75, 3.05) is 0 Å². The fourth-order valence-electron chi connectivity index (χ4n) is 2.12. The summed E-state index contributed by atoms with van der Waals surface area (Å²) in [5, 5.41) is 2.45. The Labute approximate surface area is 108 Å². The van der Waals surface area contributed by atoms with Gasteiger partial charge in [-0.1, -0.05) is 37.3 Å². The van der Waals surface area contributed by atoms with Crippen molar-refractivity contribution >= 4 is 44.5 Å². The van der Waals surface area contributed by atoms with Gasteiger partial charge in [-0.2, -0.15) is 0 Å². The van der Waals surface area contributed by atoms with Gasteiger partial charge in [0.1, 0.15) is 11.2 Å². The Bertz CT molecular complexity index is 667. The Kier molecular flexibility index (Phi) is 2.39. The fraction of sp³-hybridized carbons (Fsp3) is 0.143. The molecule has 3 aromatic rings. The zero-order chi connectivity index (χ0) is 11.1. The summed E-state index contributed by atoms with van der Waals surface area (Å²) in [5.41, 5.74) is 3.34. The van der Waals surface area contributed by atoms with E-state index in [1.807, 2.05) is 0 Å². The zero-order valence-corrected chi connectivity index (χ0v) is 11.1. The van der Waals surface area contributed by atoms with Gasteiger partial charge in [0.25, 0.3) is 0 Å². The van der Waals surface area contributed by atoms with Crippen LogP contribution in [0.1, 0.15) is 12.5 Å². The average Bonchev–Trinajstić information content (AvgIpc) is 2.69. The highest BCUT2D eigenvalue weighted by Gasteiger charge is 2.10. The maximum Gasteiger partial charge on any atom is 0.148 e. The van der Waals surface area contributed by atoms with Crippen LogP contribution in [0.15, 0.2) is 40.8 Å². The molecule has 80 valence electrons. The number of fused-ring (bicyclic) bond motifs is 3. The molecule has 0 bridgehead atoms. The molecule has 0 spiro atoms. The average molecular weight is 322 g/mol. The van der Waals surface area contributed by atoms with Gasteiger partial charge in [-0.25, -0.2) is 0 Å². The van der Waals surface area contributed by atoms with E-state index in [1.54, 1.807) is 0 Å². The van der Waals surface area contributed by atoms with E-state index in [-0.39, 0.29) is 0 Å². The Balaban J connectivity index is 2.55. The lowest BCUT2D eigenvalue weighted by molar-refractivity contribution is 0.661. The molecule has 0 atom stereocenters. The summed E-state index contributed by atoms with van der Waals surface area (Å²) < 4.78 is 7.17. The first kappa shape index (κ1) is 10.1. The van der Waals surface area contributed by atoms with Crippen LogP contribution in [0.2, 0.25) is 0 Å². The van der Waals surface area contributed by atoms with Gasteiger partial charge in [0.2, 0.25) is 0 Å². The molecule has 1 heterocycles. The van der Waals surface area contributed by atoms with Crippen LogP contribution in [0.3, 0.4) is 0 Å². The molecule has 0 N–H and O–H groups in total. The normalized spacial score (nSPS) is 11.4. The topological polar surface area (TPSA) is 13.1 Å². The second-order valence-corrected chi connectivity index (χ2v) is 5.03. The minimum atomic E-state index is 1.01. The fourth-order valence-corrected chi connectivity index (χ4v) is 2.73. The molecule has 0 fully saturated rings. The summed E-state index contributed by atoms with van der Waals surface area (Å²) in [6.45, 7) is 2.16. The summed E-state index contributed by atoms with van der Waals surface area (Å²) in [6, 6.07) is 12.7. The van der Waals surface area contributed by atoms with Crippen molar-refractivity contribution in [3.05, 3.63) is 45.5 Å². The number of hydrogen-bond acceptors (Lipinski definition) is 1. The van der Waals surface area contributed by atoms with Gasteiger partial charge in [0.15, 0.2) is 0 Å². The van der Waals surface area contributed by atoms with Crippen molar-refractivity contribution in [3.63, 3.8) is 0 Å². The van der Waals surface area contributed by atoms with Crippen molar-refractivity contribution < 1.29 is 4.42 Å². The van der Waals surface area contributed by atoms with Gasteiger partial charge in [-0.15, -0.1) is 0 Å². The predicted molar refractivity (Wildman–Crippen MR) is 75.8 cm³/mol. The molecule has 0 saturated carbocycles. The van der Waals surface area contributed by atoms with E-state index >= 15 is 0 Å². The number of furan rings is 1. The van der Waals surface area contributed by atoms with Crippen molar-refractivity contribution in [1.29, 1.82) is 0 Å². The molecule has 0 unspecified atom stereocenters. The summed E-state index contributed by atoms with van der Waals surface area (Å²) >= 11 is 2.32. The molecule has 3 rings (SSSR count). The van der Waals surface area contributed by atoms with E-state index in [9.17, 15) is 0 Å². The highest BCUT2D eigenvalue weighted by molar-refractivity contribution is 14.1. The van der Waals surface area contributed by atoms with Crippen LogP contribution in [0, 0.1) is 3.57 Å². The van der Waals surface area contributed by atoms with Crippen LogP contribution >= 0.6 is 22.6 Å². The van der Waals surface area contributed by atoms with Gasteiger partial charge in [-0.05, 0) is 40.6 Å². The van der Waals surface area contributed by atoms with E-state index < -0.39 is 0 Å². The molecule has 1 nitrogen and oxygen atoms in total. The number of halogens is 1. The Morgan fingerprint density at radius 2 is 1.69 bits per heavy atom. The van der Waals surface area contributed by atoms with E-state index in [0.29, 0.717) is 0 Å². The molecule has 2 aromatic carbocycles. The maximum absolute atomic E-state index is 6.00. The van der Waals surface area contributed by atoms with E-state index in [0.717, 1.165) is 17.6 Å². The first-order valence-electron chi connectivity index (χ1n) is 5.40. The third-order valence-electron chi connectivity index (χ3n) is 2.94. The van der Waals surface area contributed by atoms with Crippen LogP contribution in [-0.2, 0) is 6.42 Å². The van der Waals surface area contributed by atoms with Crippen LogP contribution in [-0.4, -0.2) is 0 Å². The molecule has 0 aliphatic heterocycles. The largest absolute Gasteiger partial charge is 0.455 e. The third-order valence-corrected chi connectivity index (χ3v) is 3.79. The SMILES string of the molecule is CCc1cccc2c1oc1c(I)cccc12. The summed E-state index contributed by atoms with van der Waals surface area (Å²) in [5.74, 6) is 0. The molecule has 0 amide bonds. The van der Waals surface area contributed by atoms with Gasteiger partial charge < -0.3 is 4.42 Å². The van der Waals surface area contributed by atoms with Crippen LogP contribution < -0.4 is 0 Å². The second kappa shape index (κ2) is 3.77. The van der Waals surface area contributed by atoms with Gasteiger partial charge in [0, 0.05) is 10.8 Å². The summed E-state index contributed by atoms with van der Waals surface area (Å²) in [7, 11) is 0. The van der Waals surface area contributed by atoms with Crippen LogP contribution in [0.4, 0.5) is 0 Å². The highest BCUT2D eigenvalue weighted by atomic mass is 127. The number of hydrogen-bond donors (Lipinski definition) is 0. The standard InChI is InChI=1S/C14H11IO/c1-2-9-5-3-6-10-11-7-4-8-12(15)14(11)16-13(9)10/h3-8H,2H2,1H3. The second-order valence-electron chi connectivity index (χ2n) is 3.87. The minimum absolute atomic E-state index is 1.01. The Morgan fingerprint density at radius 3 is 2.44 bits per heavy atom. The van der Waals surface area contributed by atoms with Gasteiger partial charge in [0.05, 0.1) is 3.57 Å². The number of para-hydroxylation sites is 2. The molecule has 0 radical (unpaired) electrons. The summed E-state index contributed by atoms with van der Waals surface area (Å²) in [4.78, 5) is 0. The smallest absolute Gasteiger partial charge is 0.148 e. The van der Waals surface area contributed by atoms with Crippen molar-refractivity contribution in [1.82, 2.24) is 0 Å². The quantitative estimate of drug-likeness (QED) is 0.589. The molecule has 16 heavy (non-hydrogen) atoms. The lowest BCUT2D eigenvalue weighted by Gasteiger charge is -1.95. The minimum Gasteiger partial charge on any atom is -0.455 e. The molecule has 1 aromatic heterocycles. The number of aryl methyl sites for hydroxylation is 1. The molecular formula is C14H11IO. The van der Waals surface area contributed by atoms with Crippen LogP contribution in [0.25, 0.3) is 21.9 Å². The van der Waals surface area contributed by atoms with Gasteiger partial charge in [-0.3, -0.25) is 0 Å². The van der Waals surface area contributed by atoms with Gasteiger partial charge >= 0.3 is 0 Å². The lowest BCUT2D eigenvalue weighted by Crippen LogP contribution is -1.78. The van der Waals surface area contributed by atoms with Crippen molar-refractivity contribution in [2.45, 2.75) is 13.3 Å². The highest BCUT2D eigenvalue weighted by Crippen LogP contribution is 2.33. The molecule has 0 aliphatic rings. The zero-order valence-electron chi connectivity index (χ0n) is 8.96. The van der Waals surface area contributed by atoms with E-state index in [2.05, 4.69) is 65.9 Å². The molecule has 0 saturated heterocycles. The maximum atomic E-state index is 6.00. The first-order valence-corrected chi connectivity index (χ1v) is 6.47. The number of rotatable bonds is 1. The van der Waals surface area contributed by atoms with E-state index in [4.69, 9.17) is 4.42 Å². The summed E-state index contributed by atoms with van der Waals surface area (Å²) in [6.07, 6.45) is 1.01. The number of benzene rings is 2. The van der Waals surface area contributed by atoms with Crippen molar-refractivity contribution in [2.24, 2.45) is 0 Å². The predicted octanol–water partition coefficient (Wildman–Crippen LogP) is 4.75. The Hall–Kier alpha value is -1.03. The van der Waals surface area contributed by atoms with Crippen molar-refractivity contribution in [3.8, 4) is 0 Å². The molecular weight excluding hydrogens is 311 g/mol. The monoisotopic (exact) mass is 322 g/mol. The molecule has 0 aliphatic carbocycles. The van der Waals surface area contributed by atoms with Crippen LogP contribution in [0.5, 0.6) is 0 Å².